The van der Waals surface area contributed by atoms with E-state index in [-0.39, 0.29) is 43.9 Å². The van der Waals surface area contributed by atoms with Crippen molar-refractivity contribution in [3.8, 4) is 0 Å². The lowest BCUT2D eigenvalue weighted by molar-refractivity contribution is -0.144. The third kappa shape index (κ3) is 7.43. The number of hydrogen-bond donors (Lipinski definition) is 2. The van der Waals surface area contributed by atoms with Crippen LogP contribution in [0.2, 0.25) is 0 Å². The van der Waals surface area contributed by atoms with Gasteiger partial charge in [-0.1, -0.05) is 30.3 Å². The lowest BCUT2D eigenvalue weighted by Crippen LogP contribution is -2.39. The molecule has 0 saturated heterocycles. The number of ether oxygens (including phenoxy) is 1. The van der Waals surface area contributed by atoms with E-state index in [9.17, 15) is 9.59 Å². The van der Waals surface area contributed by atoms with Gasteiger partial charge in [-0.2, -0.15) is 0 Å². The highest BCUT2D eigenvalue weighted by atomic mass is 35.5. The highest BCUT2D eigenvalue weighted by Gasteiger charge is 2.08. The van der Waals surface area contributed by atoms with Crippen molar-refractivity contribution in [1.82, 2.24) is 5.32 Å². The normalized spacial score (nSPS) is 11.1. The molecule has 0 bridgehead atoms. The van der Waals surface area contributed by atoms with E-state index in [2.05, 4.69) is 5.32 Å². The molecule has 0 heterocycles. The van der Waals surface area contributed by atoms with Crippen LogP contribution in [0.15, 0.2) is 30.3 Å². The summed E-state index contributed by atoms with van der Waals surface area (Å²) < 4.78 is 5.05. The lowest BCUT2D eigenvalue weighted by Gasteiger charge is -2.08. The van der Waals surface area contributed by atoms with Gasteiger partial charge < -0.3 is 15.8 Å². The second kappa shape index (κ2) is 9.35. The van der Waals surface area contributed by atoms with Gasteiger partial charge in [-0.05, 0) is 12.5 Å². The number of rotatable bonds is 6. The fraction of sp³-hybridized carbons (Fsp3) is 0.385. The second-order valence-corrected chi connectivity index (χ2v) is 3.98. The third-order valence-electron chi connectivity index (χ3n) is 2.28. The van der Waals surface area contributed by atoms with Crippen molar-refractivity contribution in [3.05, 3.63) is 35.9 Å². The standard InChI is InChI=1S/C13H18N2O3.ClH/c1-10(14)13(17)15-8-7-12(16)18-9-11-5-3-2-4-6-11;/h2-6,10H,7-9,14H2,1H3,(H,15,17);1H/t10-;/m0./s1. The monoisotopic (exact) mass is 286 g/mol. The van der Waals surface area contributed by atoms with Gasteiger partial charge in [0.25, 0.3) is 0 Å². The maximum Gasteiger partial charge on any atom is 0.307 e. The minimum absolute atomic E-state index is 0. The summed E-state index contributed by atoms with van der Waals surface area (Å²) in [7, 11) is 0. The first-order chi connectivity index (χ1) is 8.59. The van der Waals surface area contributed by atoms with Crippen molar-refractivity contribution in [2.75, 3.05) is 6.54 Å². The number of nitrogens with one attached hydrogen (secondary N) is 1. The van der Waals surface area contributed by atoms with Gasteiger partial charge >= 0.3 is 5.97 Å². The molecule has 1 amide bonds. The number of carbonyl (C=O) groups is 2. The van der Waals surface area contributed by atoms with Crippen molar-refractivity contribution in [2.24, 2.45) is 5.73 Å². The molecule has 1 aromatic rings. The Morgan fingerprint density at radius 3 is 2.53 bits per heavy atom. The zero-order chi connectivity index (χ0) is 13.4. The number of halogens is 1. The summed E-state index contributed by atoms with van der Waals surface area (Å²) in [5.41, 5.74) is 6.29. The number of amides is 1. The molecule has 5 nitrogen and oxygen atoms in total. The number of benzene rings is 1. The van der Waals surface area contributed by atoms with E-state index in [4.69, 9.17) is 10.5 Å². The lowest BCUT2D eigenvalue weighted by atomic mass is 10.2. The van der Waals surface area contributed by atoms with E-state index in [1.54, 1.807) is 6.92 Å². The molecule has 0 spiro atoms. The SMILES string of the molecule is C[C@H](N)C(=O)NCCC(=O)OCc1ccccc1.Cl. The molecule has 1 atom stereocenters. The molecule has 106 valence electrons. The van der Waals surface area contributed by atoms with Crippen LogP contribution >= 0.6 is 12.4 Å². The Kier molecular flexibility index (Phi) is 8.57. The number of esters is 1. The highest BCUT2D eigenvalue weighted by molar-refractivity contribution is 5.85. The molecule has 0 unspecified atom stereocenters. The average molecular weight is 287 g/mol. The first-order valence-electron chi connectivity index (χ1n) is 5.82. The molecule has 0 aliphatic carbocycles. The molecular formula is C13H19ClN2O3. The van der Waals surface area contributed by atoms with Gasteiger partial charge in [0.2, 0.25) is 5.91 Å². The van der Waals surface area contributed by atoms with Crippen LogP contribution in [0.3, 0.4) is 0 Å². The number of carbonyl (C=O) groups excluding carboxylic acids is 2. The minimum atomic E-state index is -0.565. The summed E-state index contributed by atoms with van der Waals surface area (Å²) in [5, 5.41) is 2.55. The van der Waals surface area contributed by atoms with Crippen LogP contribution in [0.1, 0.15) is 18.9 Å². The van der Waals surface area contributed by atoms with E-state index in [0.29, 0.717) is 0 Å². The van der Waals surface area contributed by atoms with Gasteiger partial charge in [0, 0.05) is 6.54 Å². The molecule has 19 heavy (non-hydrogen) atoms. The van der Waals surface area contributed by atoms with E-state index in [0.717, 1.165) is 5.56 Å². The molecule has 0 fully saturated rings. The Morgan fingerprint density at radius 1 is 1.32 bits per heavy atom. The second-order valence-electron chi connectivity index (χ2n) is 3.98. The Labute approximate surface area is 118 Å². The summed E-state index contributed by atoms with van der Waals surface area (Å²) in [5.74, 6) is -0.616. The predicted molar refractivity (Wildman–Crippen MR) is 74.8 cm³/mol. The molecule has 0 aliphatic heterocycles. The first kappa shape index (κ1) is 17.4. The van der Waals surface area contributed by atoms with Gasteiger partial charge in [-0.15, -0.1) is 12.4 Å². The van der Waals surface area contributed by atoms with Crippen LogP contribution in [0.4, 0.5) is 0 Å². The third-order valence-corrected chi connectivity index (χ3v) is 2.28. The van der Waals surface area contributed by atoms with Gasteiger partial charge in [-0.3, -0.25) is 9.59 Å². The molecule has 0 radical (unpaired) electrons. The summed E-state index contributed by atoms with van der Waals surface area (Å²) in [6.07, 6.45) is 0.144. The fourth-order valence-electron chi connectivity index (χ4n) is 1.26. The van der Waals surface area contributed by atoms with Gasteiger partial charge in [-0.25, -0.2) is 0 Å². The van der Waals surface area contributed by atoms with E-state index < -0.39 is 6.04 Å². The van der Waals surface area contributed by atoms with Gasteiger partial charge in [0.1, 0.15) is 6.61 Å². The van der Waals surface area contributed by atoms with Crippen LogP contribution < -0.4 is 11.1 Å². The number of nitrogens with two attached hydrogens (primary N) is 1. The first-order valence-corrected chi connectivity index (χ1v) is 5.82. The van der Waals surface area contributed by atoms with E-state index >= 15 is 0 Å². The molecule has 1 aromatic carbocycles. The summed E-state index contributed by atoms with van der Waals surface area (Å²) in [4.78, 5) is 22.5. The van der Waals surface area contributed by atoms with Crippen LogP contribution in [0, 0.1) is 0 Å². The molecule has 0 aromatic heterocycles. The Morgan fingerprint density at radius 2 is 1.95 bits per heavy atom. The molecule has 1 rings (SSSR count). The molecule has 6 heteroatoms. The fourth-order valence-corrected chi connectivity index (χ4v) is 1.26. The molecule has 0 saturated carbocycles. The zero-order valence-electron chi connectivity index (χ0n) is 10.8. The molecular weight excluding hydrogens is 268 g/mol. The Bertz CT molecular complexity index is 396. The van der Waals surface area contributed by atoms with Crippen molar-refractivity contribution >= 4 is 24.3 Å². The maximum atomic E-state index is 11.4. The average Bonchev–Trinajstić information content (AvgIpc) is 2.37. The maximum absolute atomic E-state index is 11.4. The largest absolute Gasteiger partial charge is 0.461 e. The van der Waals surface area contributed by atoms with Gasteiger partial charge in [0.05, 0.1) is 12.5 Å². The zero-order valence-corrected chi connectivity index (χ0v) is 11.6. The van der Waals surface area contributed by atoms with Gasteiger partial charge in [0.15, 0.2) is 0 Å². The molecule has 3 N–H and O–H groups in total. The van der Waals surface area contributed by atoms with Crippen molar-refractivity contribution in [1.29, 1.82) is 0 Å². The summed E-state index contributed by atoms with van der Waals surface area (Å²) in [6, 6.07) is 8.86. The quantitative estimate of drug-likeness (QED) is 0.765. The molecule has 0 aliphatic rings. The smallest absolute Gasteiger partial charge is 0.307 e. The Balaban J connectivity index is 0.00000324. The topological polar surface area (TPSA) is 81.4 Å². The van der Waals surface area contributed by atoms with Crippen LogP contribution in [-0.4, -0.2) is 24.5 Å². The van der Waals surface area contributed by atoms with Crippen molar-refractivity contribution in [2.45, 2.75) is 26.0 Å². The minimum Gasteiger partial charge on any atom is -0.461 e. The summed E-state index contributed by atoms with van der Waals surface area (Å²) >= 11 is 0. The van der Waals surface area contributed by atoms with Crippen molar-refractivity contribution < 1.29 is 14.3 Å². The highest BCUT2D eigenvalue weighted by Crippen LogP contribution is 2.01. The predicted octanol–water partition coefficient (Wildman–Crippen LogP) is 1.01. The summed E-state index contributed by atoms with van der Waals surface area (Å²) in [6.45, 7) is 2.08. The van der Waals surface area contributed by atoms with E-state index in [1.165, 1.54) is 0 Å². The van der Waals surface area contributed by atoms with Crippen molar-refractivity contribution in [3.63, 3.8) is 0 Å². The Hall–Kier alpha value is -1.59. The van der Waals surface area contributed by atoms with Crippen LogP contribution in [0.5, 0.6) is 0 Å². The number of hydrogen-bond acceptors (Lipinski definition) is 4. The van der Waals surface area contributed by atoms with E-state index in [1.807, 2.05) is 30.3 Å². The van der Waals surface area contributed by atoms with Crippen LogP contribution in [-0.2, 0) is 20.9 Å². The van der Waals surface area contributed by atoms with Crippen LogP contribution in [0.25, 0.3) is 0 Å².